The summed E-state index contributed by atoms with van der Waals surface area (Å²) in [6.07, 6.45) is 6.93. The molecule has 0 atom stereocenters. The van der Waals surface area contributed by atoms with E-state index in [2.05, 4.69) is 22.3 Å². The molecule has 0 amide bonds. The first kappa shape index (κ1) is 11.1. The molecule has 0 bridgehead atoms. The Balaban J connectivity index is 1.82. The zero-order chi connectivity index (χ0) is 12.4. The van der Waals surface area contributed by atoms with Gasteiger partial charge in [-0.3, -0.25) is 4.79 Å². The summed E-state index contributed by atoms with van der Waals surface area (Å²) in [7, 11) is 0. The lowest BCUT2D eigenvalue weighted by atomic mass is 9.80. The number of aromatic nitrogens is 2. The lowest BCUT2D eigenvalue weighted by molar-refractivity contribution is 0.103. The van der Waals surface area contributed by atoms with Crippen LogP contribution in [0.25, 0.3) is 0 Å². The molecule has 1 saturated carbocycles. The highest BCUT2D eigenvalue weighted by molar-refractivity contribution is 6.08. The van der Waals surface area contributed by atoms with E-state index in [4.69, 9.17) is 0 Å². The highest BCUT2D eigenvalue weighted by Crippen LogP contribution is 2.36. The van der Waals surface area contributed by atoms with Crippen LogP contribution in [0.4, 0.5) is 0 Å². The van der Waals surface area contributed by atoms with Crippen molar-refractivity contribution in [2.75, 3.05) is 0 Å². The van der Waals surface area contributed by atoms with Gasteiger partial charge in [0.25, 0.3) is 0 Å². The molecule has 1 fully saturated rings. The van der Waals surface area contributed by atoms with Gasteiger partial charge in [0.1, 0.15) is 0 Å². The number of nitrogens with zero attached hydrogens (tertiary/aromatic N) is 2. The number of ketones is 1. The molecule has 0 spiro atoms. The second kappa shape index (κ2) is 4.69. The fraction of sp³-hybridized carbons (Fsp3) is 0.267. The van der Waals surface area contributed by atoms with Crippen LogP contribution in [-0.4, -0.2) is 16.0 Å². The normalized spacial score (nSPS) is 15.1. The summed E-state index contributed by atoms with van der Waals surface area (Å²) < 4.78 is 0. The van der Waals surface area contributed by atoms with E-state index in [0.29, 0.717) is 17.0 Å². The minimum absolute atomic E-state index is 0.00468. The first-order chi connectivity index (χ1) is 8.84. The second-order valence-electron chi connectivity index (χ2n) is 4.71. The molecule has 90 valence electrons. The third kappa shape index (κ3) is 2.04. The van der Waals surface area contributed by atoms with Crippen molar-refractivity contribution in [2.24, 2.45) is 0 Å². The summed E-state index contributed by atoms with van der Waals surface area (Å²) in [4.78, 5) is 12.1. The minimum atomic E-state index is 0.00468. The molecule has 1 aliphatic carbocycles. The van der Waals surface area contributed by atoms with Gasteiger partial charge in [-0.05, 0) is 30.4 Å². The number of carbonyl (C=O) groups is 1. The molecule has 2 aromatic rings. The van der Waals surface area contributed by atoms with E-state index in [-0.39, 0.29) is 5.78 Å². The summed E-state index contributed by atoms with van der Waals surface area (Å²) in [6, 6.07) is 9.67. The van der Waals surface area contributed by atoms with E-state index in [1.807, 2.05) is 12.1 Å². The van der Waals surface area contributed by atoms with Gasteiger partial charge >= 0.3 is 0 Å². The third-order valence-electron chi connectivity index (χ3n) is 3.60. The lowest BCUT2D eigenvalue weighted by Crippen LogP contribution is -2.09. The summed E-state index contributed by atoms with van der Waals surface area (Å²) in [5, 5.41) is 7.40. The van der Waals surface area contributed by atoms with Crippen LogP contribution >= 0.6 is 0 Å². The predicted molar refractivity (Wildman–Crippen MR) is 68.5 cm³/mol. The van der Waals surface area contributed by atoms with Gasteiger partial charge in [-0.2, -0.15) is 10.2 Å². The summed E-state index contributed by atoms with van der Waals surface area (Å²) in [6.45, 7) is 0. The molecule has 0 saturated heterocycles. The highest BCUT2D eigenvalue weighted by Gasteiger charge is 2.19. The maximum atomic E-state index is 12.1. The van der Waals surface area contributed by atoms with Crippen molar-refractivity contribution in [3.8, 4) is 0 Å². The summed E-state index contributed by atoms with van der Waals surface area (Å²) >= 11 is 0. The Bertz CT molecular complexity index is 544. The van der Waals surface area contributed by atoms with Gasteiger partial charge in [0.15, 0.2) is 5.78 Å². The smallest absolute Gasteiger partial charge is 0.194 e. The number of hydrogen-bond donors (Lipinski definition) is 0. The Morgan fingerprint density at radius 1 is 1.00 bits per heavy atom. The molecular formula is C15H14N2O. The van der Waals surface area contributed by atoms with Crippen molar-refractivity contribution < 1.29 is 4.79 Å². The number of carbonyl (C=O) groups excluding carboxylic acids is 1. The van der Waals surface area contributed by atoms with Crippen molar-refractivity contribution in [1.82, 2.24) is 10.2 Å². The Morgan fingerprint density at radius 2 is 1.78 bits per heavy atom. The molecule has 1 aromatic heterocycles. The lowest BCUT2D eigenvalue weighted by Gasteiger charge is -2.25. The van der Waals surface area contributed by atoms with Crippen molar-refractivity contribution in [1.29, 1.82) is 0 Å². The van der Waals surface area contributed by atoms with Crippen molar-refractivity contribution >= 4 is 5.78 Å². The molecule has 1 aliphatic rings. The average Bonchev–Trinajstić information content (AvgIpc) is 2.38. The SMILES string of the molecule is O=C(c1ccc(C2CCC2)cc1)c1ccnnc1. The van der Waals surface area contributed by atoms with Gasteiger partial charge in [-0.1, -0.05) is 30.7 Å². The summed E-state index contributed by atoms with van der Waals surface area (Å²) in [5.74, 6) is 0.710. The standard InChI is InChI=1S/C15H14N2O/c18-15(14-8-9-16-17-10-14)13-6-4-12(5-7-13)11-2-1-3-11/h4-11H,1-3H2. The second-order valence-corrected chi connectivity index (χ2v) is 4.71. The molecule has 0 aliphatic heterocycles. The molecule has 0 N–H and O–H groups in total. The van der Waals surface area contributed by atoms with Crippen LogP contribution in [0, 0.1) is 0 Å². The average molecular weight is 238 g/mol. The van der Waals surface area contributed by atoms with Crippen LogP contribution < -0.4 is 0 Å². The number of rotatable bonds is 3. The monoisotopic (exact) mass is 238 g/mol. The maximum Gasteiger partial charge on any atom is 0.194 e. The van der Waals surface area contributed by atoms with Gasteiger partial charge in [-0.15, -0.1) is 0 Å². The van der Waals surface area contributed by atoms with Crippen LogP contribution in [0.2, 0.25) is 0 Å². The first-order valence-electron chi connectivity index (χ1n) is 6.26. The largest absolute Gasteiger partial charge is 0.289 e. The topological polar surface area (TPSA) is 42.9 Å². The first-order valence-corrected chi connectivity index (χ1v) is 6.26. The zero-order valence-corrected chi connectivity index (χ0v) is 10.0. The van der Waals surface area contributed by atoms with Gasteiger partial charge in [0.2, 0.25) is 0 Å². The fourth-order valence-electron chi connectivity index (χ4n) is 2.24. The van der Waals surface area contributed by atoms with Gasteiger partial charge in [-0.25, -0.2) is 0 Å². The van der Waals surface area contributed by atoms with Crippen molar-refractivity contribution in [3.63, 3.8) is 0 Å². The Hall–Kier alpha value is -2.03. The van der Waals surface area contributed by atoms with E-state index in [9.17, 15) is 4.79 Å². The Kier molecular flexibility index (Phi) is 2.89. The highest BCUT2D eigenvalue weighted by atomic mass is 16.1. The van der Waals surface area contributed by atoms with Crippen molar-refractivity contribution in [3.05, 3.63) is 59.4 Å². The molecule has 3 nitrogen and oxygen atoms in total. The Morgan fingerprint density at radius 3 is 2.33 bits per heavy atom. The molecular weight excluding hydrogens is 224 g/mol. The van der Waals surface area contributed by atoms with E-state index < -0.39 is 0 Å². The predicted octanol–water partition coefficient (Wildman–Crippen LogP) is 2.98. The van der Waals surface area contributed by atoms with Crippen LogP contribution in [0.15, 0.2) is 42.7 Å². The number of hydrogen-bond acceptors (Lipinski definition) is 3. The molecule has 3 rings (SSSR count). The van der Waals surface area contributed by atoms with Gasteiger partial charge in [0.05, 0.1) is 12.4 Å². The molecule has 0 radical (unpaired) electrons. The van der Waals surface area contributed by atoms with E-state index in [1.54, 1.807) is 6.07 Å². The molecule has 0 unspecified atom stereocenters. The van der Waals surface area contributed by atoms with Gasteiger partial charge < -0.3 is 0 Å². The van der Waals surface area contributed by atoms with E-state index >= 15 is 0 Å². The summed E-state index contributed by atoms with van der Waals surface area (Å²) in [5.41, 5.74) is 2.65. The zero-order valence-electron chi connectivity index (χ0n) is 10.0. The van der Waals surface area contributed by atoms with Crippen LogP contribution in [0.5, 0.6) is 0 Å². The quantitative estimate of drug-likeness (QED) is 0.772. The van der Waals surface area contributed by atoms with Crippen LogP contribution in [-0.2, 0) is 0 Å². The molecule has 18 heavy (non-hydrogen) atoms. The van der Waals surface area contributed by atoms with E-state index in [1.165, 1.54) is 37.2 Å². The molecule has 1 heterocycles. The van der Waals surface area contributed by atoms with Crippen molar-refractivity contribution in [2.45, 2.75) is 25.2 Å². The fourth-order valence-corrected chi connectivity index (χ4v) is 2.24. The maximum absolute atomic E-state index is 12.1. The van der Waals surface area contributed by atoms with Crippen LogP contribution in [0.1, 0.15) is 46.7 Å². The van der Waals surface area contributed by atoms with Gasteiger partial charge in [0, 0.05) is 11.1 Å². The molecule has 1 aromatic carbocycles. The number of benzene rings is 1. The van der Waals surface area contributed by atoms with E-state index in [0.717, 1.165) is 0 Å². The van der Waals surface area contributed by atoms with Crippen LogP contribution in [0.3, 0.4) is 0 Å². The minimum Gasteiger partial charge on any atom is -0.289 e. The molecule has 3 heteroatoms. The Labute approximate surface area is 106 Å². The third-order valence-corrected chi connectivity index (χ3v) is 3.60.